The van der Waals surface area contributed by atoms with Gasteiger partial charge in [-0.2, -0.15) is 0 Å². The van der Waals surface area contributed by atoms with Gasteiger partial charge < -0.3 is 14.8 Å². The lowest BCUT2D eigenvalue weighted by Gasteiger charge is -2.10. The Morgan fingerprint density at radius 2 is 2.21 bits per heavy atom. The van der Waals surface area contributed by atoms with Gasteiger partial charge in [-0.05, 0) is 25.1 Å². The van der Waals surface area contributed by atoms with Crippen molar-refractivity contribution in [3.05, 3.63) is 41.4 Å². The van der Waals surface area contributed by atoms with Crippen molar-refractivity contribution in [2.24, 2.45) is 0 Å². The Hall–Kier alpha value is -2.44. The number of hydrogen-bond acceptors (Lipinski definition) is 5. The number of rotatable bonds is 3. The highest BCUT2D eigenvalue weighted by molar-refractivity contribution is 5.96. The van der Waals surface area contributed by atoms with Crippen molar-refractivity contribution in [2.45, 2.75) is 19.9 Å². The number of nitrogens with one attached hydrogen (secondary N) is 1. The largest absolute Gasteiger partial charge is 0.507 e. The van der Waals surface area contributed by atoms with Crippen LogP contribution in [0.2, 0.25) is 0 Å². The minimum absolute atomic E-state index is 0.150. The summed E-state index contributed by atoms with van der Waals surface area (Å²) in [6.45, 7) is 3.27. The molecule has 6 nitrogen and oxygen atoms in total. The maximum absolute atomic E-state index is 13.0. The van der Waals surface area contributed by atoms with E-state index in [-0.39, 0.29) is 17.2 Å². The number of nitrogens with zero attached hydrogens (tertiary/aromatic N) is 2. The molecule has 0 radical (unpaired) electrons. The van der Waals surface area contributed by atoms with Crippen LogP contribution in [-0.2, 0) is 0 Å². The molecule has 2 aromatic rings. The first kappa shape index (κ1) is 13.0. The maximum Gasteiger partial charge on any atom is 0.255 e. The molecule has 0 aliphatic carbocycles. The highest BCUT2D eigenvalue weighted by Crippen LogP contribution is 2.19. The van der Waals surface area contributed by atoms with Crippen LogP contribution >= 0.6 is 0 Å². The molecule has 1 unspecified atom stereocenters. The fourth-order valence-electron chi connectivity index (χ4n) is 1.51. The monoisotopic (exact) mass is 265 g/mol. The molecule has 0 bridgehead atoms. The van der Waals surface area contributed by atoms with Gasteiger partial charge in [-0.15, -0.1) is 10.2 Å². The van der Waals surface area contributed by atoms with Crippen LogP contribution in [0, 0.1) is 12.7 Å². The van der Waals surface area contributed by atoms with E-state index in [1.165, 1.54) is 0 Å². The molecular weight excluding hydrogens is 253 g/mol. The van der Waals surface area contributed by atoms with Gasteiger partial charge in [0, 0.05) is 6.92 Å². The molecule has 100 valence electrons. The number of aryl methyl sites for hydroxylation is 1. The Kier molecular flexibility index (Phi) is 3.46. The van der Waals surface area contributed by atoms with Crippen LogP contribution in [0.4, 0.5) is 4.39 Å². The Balaban J connectivity index is 2.15. The maximum atomic E-state index is 13.0. The number of phenolic OH excluding ortho intramolecular Hbond substituents is 1. The molecule has 1 heterocycles. The first-order valence-corrected chi connectivity index (χ1v) is 5.56. The molecule has 0 aliphatic heterocycles. The third-order valence-corrected chi connectivity index (χ3v) is 2.46. The SMILES string of the molecule is Cc1nnc(C(C)NC(=O)c2cc(F)ccc2O)o1. The number of phenols is 1. The second kappa shape index (κ2) is 5.05. The Morgan fingerprint density at radius 1 is 1.47 bits per heavy atom. The van der Waals surface area contributed by atoms with Crippen molar-refractivity contribution >= 4 is 5.91 Å². The summed E-state index contributed by atoms with van der Waals surface area (Å²) < 4.78 is 18.2. The van der Waals surface area contributed by atoms with Crippen LogP contribution in [0.15, 0.2) is 22.6 Å². The predicted molar refractivity (Wildman–Crippen MR) is 63.0 cm³/mol. The summed E-state index contributed by atoms with van der Waals surface area (Å²) in [4.78, 5) is 11.9. The zero-order valence-electron chi connectivity index (χ0n) is 10.3. The van der Waals surface area contributed by atoms with Crippen LogP contribution in [0.5, 0.6) is 5.75 Å². The van der Waals surface area contributed by atoms with Crippen molar-refractivity contribution in [3.8, 4) is 5.75 Å². The zero-order chi connectivity index (χ0) is 14.0. The quantitative estimate of drug-likeness (QED) is 0.882. The van der Waals surface area contributed by atoms with Crippen LogP contribution in [0.1, 0.15) is 35.1 Å². The van der Waals surface area contributed by atoms with Crippen molar-refractivity contribution in [3.63, 3.8) is 0 Å². The molecule has 0 aliphatic rings. The molecule has 0 saturated heterocycles. The average molecular weight is 265 g/mol. The second-order valence-electron chi connectivity index (χ2n) is 4.02. The highest BCUT2D eigenvalue weighted by Gasteiger charge is 2.18. The van der Waals surface area contributed by atoms with E-state index in [2.05, 4.69) is 15.5 Å². The number of benzene rings is 1. The molecular formula is C12H12FN3O3. The van der Waals surface area contributed by atoms with Gasteiger partial charge in [-0.25, -0.2) is 4.39 Å². The molecule has 1 amide bonds. The Morgan fingerprint density at radius 3 is 2.84 bits per heavy atom. The van der Waals surface area contributed by atoms with Gasteiger partial charge >= 0.3 is 0 Å². The summed E-state index contributed by atoms with van der Waals surface area (Å²) in [7, 11) is 0. The third-order valence-electron chi connectivity index (χ3n) is 2.46. The number of aromatic hydroxyl groups is 1. The van der Waals surface area contributed by atoms with Gasteiger partial charge in [-0.1, -0.05) is 0 Å². The number of aromatic nitrogens is 2. The summed E-state index contributed by atoms with van der Waals surface area (Å²) in [6.07, 6.45) is 0. The molecule has 0 saturated carbocycles. The molecule has 1 atom stereocenters. The number of carbonyl (C=O) groups is 1. The van der Waals surface area contributed by atoms with E-state index in [4.69, 9.17) is 4.42 Å². The van der Waals surface area contributed by atoms with Crippen molar-refractivity contribution in [1.82, 2.24) is 15.5 Å². The normalized spacial score (nSPS) is 12.2. The summed E-state index contributed by atoms with van der Waals surface area (Å²) in [5.74, 6) is -0.913. The molecule has 0 spiro atoms. The highest BCUT2D eigenvalue weighted by atomic mass is 19.1. The number of carbonyl (C=O) groups excluding carboxylic acids is 1. The van der Waals surface area contributed by atoms with E-state index in [9.17, 15) is 14.3 Å². The van der Waals surface area contributed by atoms with Crippen LogP contribution in [0.25, 0.3) is 0 Å². The summed E-state index contributed by atoms with van der Waals surface area (Å²) in [5.41, 5.74) is -0.150. The number of halogens is 1. The van der Waals surface area contributed by atoms with Crippen molar-refractivity contribution < 1.29 is 18.7 Å². The van der Waals surface area contributed by atoms with E-state index in [1.54, 1.807) is 13.8 Å². The van der Waals surface area contributed by atoms with Gasteiger partial charge in [0.25, 0.3) is 5.91 Å². The zero-order valence-corrected chi connectivity index (χ0v) is 10.3. The van der Waals surface area contributed by atoms with E-state index in [0.717, 1.165) is 18.2 Å². The summed E-state index contributed by atoms with van der Waals surface area (Å²) in [5, 5.41) is 19.5. The summed E-state index contributed by atoms with van der Waals surface area (Å²) in [6, 6.07) is 2.59. The molecule has 7 heteroatoms. The minimum Gasteiger partial charge on any atom is -0.507 e. The van der Waals surface area contributed by atoms with Gasteiger partial charge in [-0.3, -0.25) is 4.79 Å². The molecule has 0 fully saturated rings. The molecule has 1 aromatic carbocycles. The number of amides is 1. The molecule has 19 heavy (non-hydrogen) atoms. The number of hydrogen-bond donors (Lipinski definition) is 2. The first-order valence-electron chi connectivity index (χ1n) is 5.56. The van der Waals surface area contributed by atoms with Gasteiger partial charge in [0.2, 0.25) is 11.8 Å². The van der Waals surface area contributed by atoms with E-state index in [1.807, 2.05) is 0 Å². The van der Waals surface area contributed by atoms with Crippen molar-refractivity contribution in [2.75, 3.05) is 0 Å². The van der Waals surface area contributed by atoms with Crippen LogP contribution in [0.3, 0.4) is 0 Å². The van der Waals surface area contributed by atoms with E-state index < -0.39 is 17.8 Å². The van der Waals surface area contributed by atoms with Crippen molar-refractivity contribution in [1.29, 1.82) is 0 Å². The first-order chi connectivity index (χ1) is 8.97. The van der Waals surface area contributed by atoms with E-state index >= 15 is 0 Å². The van der Waals surface area contributed by atoms with Crippen LogP contribution in [-0.4, -0.2) is 21.2 Å². The topological polar surface area (TPSA) is 88.2 Å². The van der Waals surface area contributed by atoms with Gasteiger partial charge in [0.1, 0.15) is 17.6 Å². The standard InChI is InChI=1S/C12H12FN3O3/c1-6(12-16-15-7(2)19-12)14-11(18)9-5-8(13)3-4-10(9)17/h3-6,17H,1-2H3,(H,14,18). The lowest BCUT2D eigenvalue weighted by atomic mass is 10.1. The second-order valence-corrected chi connectivity index (χ2v) is 4.02. The van der Waals surface area contributed by atoms with Gasteiger partial charge in [0.05, 0.1) is 5.56 Å². The fourth-order valence-corrected chi connectivity index (χ4v) is 1.51. The average Bonchev–Trinajstić information content (AvgIpc) is 2.79. The Labute approximate surface area is 108 Å². The molecule has 1 aromatic heterocycles. The van der Waals surface area contributed by atoms with Gasteiger partial charge in [0.15, 0.2) is 0 Å². The Bertz CT molecular complexity index is 612. The summed E-state index contributed by atoms with van der Waals surface area (Å²) >= 11 is 0. The molecule has 2 N–H and O–H groups in total. The predicted octanol–water partition coefficient (Wildman–Crippen LogP) is 1.71. The lowest BCUT2D eigenvalue weighted by molar-refractivity contribution is 0.0930. The smallest absolute Gasteiger partial charge is 0.255 e. The fraction of sp³-hybridized carbons (Fsp3) is 0.250. The molecule has 2 rings (SSSR count). The lowest BCUT2D eigenvalue weighted by Crippen LogP contribution is -2.27. The third kappa shape index (κ3) is 2.87. The minimum atomic E-state index is -0.625. The van der Waals surface area contributed by atoms with E-state index in [0.29, 0.717) is 5.89 Å². The van der Waals surface area contributed by atoms with Crippen LogP contribution < -0.4 is 5.32 Å².